The van der Waals surface area contributed by atoms with Gasteiger partial charge in [0.05, 0.1) is 16.8 Å². The number of hydrogen-bond donors (Lipinski definition) is 1. The van der Waals surface area contributed by atoms with Crippen LogP contribution in [0.2, 0.25) is 0 Å². The van der Waals surface area contributed by atoms with E-state index in [0.717, 1.165) is 22.2 Å². The molecule has 0 bridgehead atoms. The van der Waals surface area contributed by atoms with E-state index < -0.39 is 0 Å². The van der Waals surface area contributed by atoms with E-state index >= 15 is 0 Å². The van der Waals surface area contributed by atoms with Crippen molar-refractivity contribution < 1.29 is 4.74 Å². The van der Waals surface area contributed by atoms with Crippen LogP contribution in [0.5, 0.6) is 5.75 Å². The molecular weight excluding hydrogens is 240 g/mol. The molecule has 5 heteroatoms. The molecule has 0 aliphatic heterocycles. The zero-order chi connectivity index (χ0) is 11.4. The van der Waals surface area contributed by atoms with Gasteiger partial charge < -0.3 is 4.74 Å². The molecule has 0 fully saturated rings. The Kier molecular flexibility index (Phi) is 4.04. The van der Waals surface area contributed by atoms with Gasteiger partial charge in [0.15, 0.2) is 4.34 Å². The van der Waals surface area contributed by atoms with Crippen molar-refractivity contribution in [2.45, 2.75) is 18.2 Å². The zero-order valence-corrected chi connectivity index (χ0v) is 11.0. The van der Waals surface area contributed by atoms with E-state index in [-0.39, 0.29) is 0 Å². The molecule has 0 saturated carbocycles. The fourth-order valence-corrected chi connectivity index (χ4v) is 3.07. The molecule has 3 nitrogen and oxygen atoms in total. The maximum atomic E-state index is 5.46. The lowest BCUT2D eigenvalue weighted by Crippen LogP contribution is -1.99. The minimum absolute atomic E-state index is 0.698. The maximum Gasteiger partial charge on any atom is 0.166 e. The van der Waals surface area contributed by atoms with E-state index in [0.29, 0.717) is 6.61 Å². The highest BCUT2D eigenvalue weighted by Crippen LogP contribution is 2.30. The molecule has 16 heavy (non-hydrogen) atoms. The summed E-state index contributed by atoms with van der Waals surface area (Å²) in [5.41, 5.74) is 1.04. The molecule has 0 amide bonds. The second kappa shape index (κ2) is 5.52. The molecule has 0 aliphatic carbocycles. The molecule has 1 heterocycles. The summed E-state index contributed by atoms with van der Waals surface area (Å²) in [6.45, 7) is 5.70. The van der Waals surface area contributed by atoms with Crippen LogP contribution in [-0.2, 0) is 0 Å². The van der Waals surface area contributed by atoms with Crippen LogP contribution in [0, 0.1) is 0 Å². The summed E-state index contributed by atoms with van der Waals surface area (Å²) in [7, 11) is 0. The molecule has 1 N–H and O–H groups in total. The van der Waals surface area contributed by atoms with Crippen molar-refractivity contribution in [2.75, 3.05) is 13.2 Å². The monoisotopic (exact) mass is 254 g/mol. The van der Waals surface area contributed by atoms with Crippen LogP contribution in [0.1, 0.15) is 13.8 Å². The molecule has 0 atom stereocenters. The highest BCUT2D eigenvalue weighted by atomic mass is 32.2. The average Bonchev–Trinajstić information content (AvgIpc) is 2.68. The molecule has 0 saturated heterocycles. The van der Waals surface area contributed by atoms with Crippen molar-refractivity contribution in [3.8, 4) is 5.75 Å². The maximum absolute atomic E-state index is 5.46. The Morgan fingerprint density at radius 2 is 2.31 bits per heavy atom. The number of aromatic nitrogens is 1. The predicted octanol–water partition coefficient (Wildman–Crippen LogP) is 3.31. The standard InChI is InChI=1S/C11H14N2OS2/c1-3-12-16-11-13-9-6-5-8(14-4-2)7-10(9)15-11/h5-7,12H,3-4H2,1-2H3. The fraction of sp³-hybridized carbons (Fsp3) is 0.364. The highest BCUT2D eigenvalue weighted by molar-refractivity contribution is 7.99. The van der Waals surface area contributed by atoms with Crippen LogP contribution in [0.4, 0.5) is 0 Å². The van der Waals surface area contributed by atoms with Crippen molar-refractivity contribution in [3.63, 3.8) is 0 Å². The van der Waals surface area contributed by atoms with Gasteiger partial charge in [-0.25, -0.2) is 4.98 Å². The zero-order valence-electron chi connectivity index (χ0n) is 9.32. The Bertz CT molecular complexity index is 470. The van der Waals surface area contributed by atoms with Crippen molar-refractivity contribution in [2.24, 2.45) is 0 Å². The van der Waals surface area contributed by atoms with Gasteiger partial charge in [0.25, 0.3) is 0 Å². The topological polar surface area (TPSA) is 34.2 Å². The first-order valence-electron chi connectivity index (χ1n) is 5.26. The average molecular weight is 254 g/mol. The van der Waals surface area contributed by atoms with Crippen LogP contribution in [0.25, 0.3) is 10.2 Å². The fourth-order valence-electron chi connectivity index (χ4n) is 1.32. The van der Waals surface area contributed by atoms with E-state index in [2.05, 4.69) is 16.6 Å². The molecule has 2 aromatic rings. The van der Waals surface area contributed by atoms with Crippen molar-refractivity contribution in [1.29, 1.82) is 0 Å². The van der Waals surface area contributed by atoms with Gasteiger partial charge in [-0.05, 0) is 37.1 Å². The summed E-state index contributed by atoms with van der Waals surface area (Å²) in [6.07, 6.45) is 0. The number of fused-ring (bicyclic) bond motifs is 1. The molecule has 0 spiro atoms. The van der Waals surface area contributed by atoms with Crippen LogP contribution in [0.15, 0.2) is 22.5 Å². The largest absolute Gasteiger partial charge is 0.494 e. The van der Waals surface area contributed by atoms with Crippen molar-refractivity contribution in [1.82, 2.24) is 9.71 Å². The lowest BCUT2D eigenvalue weighted by Gasteiger charge is -2.00. The van der Waals surface area contributed by atoms with Gasteiger partial charge in [-0.15, -0.1) is 11.3 Å². The highest BCUT2D eigenvalue weighted by Gasteiger charge is 2.05. The van der Waals surface area contributed by atoms with Gasteiger partial charge in [-0.3, -0.25) is 4.72 Å². The third-order valence-corrected chi connectivity index (χ3v) is 3.97. The smallest absolute Gasteiger partial charge is 0.166 e. The van der Waals surface area contributed by atoms with Crippen molar-refractivity contribution in [3.05, 3.63) is 18.2 Å². The number of benzene rings is 1. The summed E-state index contributed by atoms with van der Waals surface area (Å²) in [6, 6.07) is 6.02. The first-order chi connectivity index (χ1) is 7.83. The van der Waals surface area contributed by atoms with Crippen LogP contribution < -0.4 is 9.46 Å². The molecular formula is C11H14N2OS2. The van der Waals surface area contributed by atoms with Gasteiger partial charge in [-0.1, -0.05) is 6.92 Å². The summed E-state index contributed by atoms with van der Waals surface area (Å²) in [5.74, 6) is 0.915. The summed E-state index contributed by atoms with van der Waals surface area (Å²) in [5, 5.41) is 0. The molecule has 86 valence electrons. The Labute approximate surface area is 103 Å². The number of rotatable bonds is 5. The third kappa shape index (κ3) is 2.66. The Hall–Kier alpha value is -0.780. The van der Waals surface area contributed by atoms with E-state index in [1.54, 1.807) is 23.3 Å². The minimum Gasteiger partial charge on any atom is -0.494 e. The van der Waals surface area contributed by atoms with Crippen molar-refractivity contribution >= 4 is 33.5 Å². The molecule has 0 radical (unpaired) electrons. The quantitative estimate of drug-likeness (QED) is 0.830. The lowest BCUT2D eigenvalue weighted by atomic mass is 10.3. The first-order valence-corrected chi connectivity index (χ1v) is 6.90. The van der Waals surface area contributed by atoms with E-state index in [1.165, 1.54) is 4.70 Å². The SMILES string of the molecule is CCNSc1nc2ccc(OCC)cc2s1. The minimum atomic E-state index is 0.698. The van der Waals surface area contributed by atoms with Crippen LogP contribution in [0.3, 0.4) is 0 Å². The summed E-state index contributed by atoms with van der Waals surface area (Å²) in [4.78, 5) is 4.51. The normalized spacial score (nSPS) is 10.9. The Balaban J connectivity index is 2.23. The lowest BCUT2D eigenvalue weighted by molar-refractivity contribution is 0.341. The number of nitrogens with zero attached hydrogens (tertiary/aromatic N) is 1. The number of nitrogens with one attached hydrogen (secondary N) is 1. The van der Waals surface area contributed by atoms with Crippen LogP contribution in [-0.4, -0.2) is 18.1 Å². The van der Waals surface area contributed by atoms with Gasteiger partial charge >= 0.3 is 0 Å². The van der Waals surface area contributed by atoms with Gasteiger partial charge in [0.1, 0.15) is 5.75 Å². The first kappa shape index (κ1) is 11.7. The van der Waals surface area contributed by atoms with Gasteiger partial charge in [-0.2, -0.15) is 0 Å². The predicted molar refractivity (Wildman–Crippen MR) is 70.3 cm³/mol. The van der Waals surface area contributed by atoms with Crippen LogP contribution >= 0.6 is 23.3 Å². The molecule has 1 aromatic carbocycles. The molecule has 0 unspecified atom stereocenters. The molecule has 2 rings (SSSR count). The summed E-state index contributed by atoms with van der Waals surface area (Å²) < 4.78 is 10.9. The Morgan fingerprint density at radius 3 is 3.06 bits per heavy atom. The second-order valence-corrected chi connectivity index (χ2v) is 5.31. The second-order valence-electron chi connectivity index (χ2n) is 3.14. The molecule has 1 aromatic heterocycles. The third-order valence-electron chi connectivity index (χ3n) is 1.96. The van der Waals surface area contributed by atoms with E-state index in [1.807, 2.05) is 25.1 Å². The number of thiazole rings is 1. The van der Waals surface area contributed by atoms with E-state index in [9.17, 15) is 0 Å². The Morgan fingerprint density at radius 1 is 1.44 bits per heavy atom. The van der Waals surface area contributed by atoms with E-state index in [4.69, 9.17) is 4.74 Å². The summed E-state index contributed by atoms with van der Waals surface area (Å²) >= 11 is 3.27. The molecule has 0 aliphatic rings. The number of hydrogen-bond acceptors (Lipinski definition) is 5. The number of ether oxygens (including phenoxy) is 1. The van der Waals surface area contributed by atoms with Gasteiger partial charge in [0, 0.05) is 6.54 Å². The van der Waals surface area contributed by atoms with Gasteiger partial charge in [0.2, 0.25) is 0 Å².